The van der Waals surface area contributed by atoms with Gasteiger partial charge in [-0.3, -0.25) is 24.6 Å². The molecule has 0 aromatic heterocycles. The number of amides is 3. The molecule has 3 aliphatic rings. The lowest BCUT2D eigenvalue weighted by Crippen LogP contribution is -2.54. The molecular formula is C24H24FN3O4. The zero-order valence-corrected chi connectivity index (χ0v) is 18.0. The zero-order chi connectivity index (χ0) is 22.9. The van der Waals surface area contributed by atoms with Gasteiger partial charge in [0.2, 0.25) is 17.7 Å². The monoisotopic (exact) mass is 437 g/mol. The van der Waals surface area contributed by atoms with E-state index in [0.29, 0.717) is 16.8 Å². The van der Waals surface area contributed by atoms with Crippen molar-refractivity contribution in [1.29, 1.82) is 0 Å². The van der Waals surface area contributed by atoms with Gasteiger partial charge in [0, 0.05) is 17.3 Å². The molecule has 0 radical (unpaired) electrons. The van der Waals surface area contributed by atoms with Crippen LogP contribution < -0.4 is 10.6 Å². The maximum absolute atomic E-state index is 13.6. The van der Waals surface area contributed by atoms with Crippen molar-refractivity contribution >= 4 is 23.4 Å². The average molecular weight is 437 g/mol. The summed E-state index contributed by atoms with van der Waals surface area (Å²) in [6.45, 7) is 5.36. The van der Waals surface area contributed by atoms with Gasteiger partial charge in [-0.25, -0.2) is 4.39 Å². The zero-order valence-electron chi connectivity index (χ0n) is 18.0. The molecule has 3 N–H and O–H groups in total. The van der Waals surface area contributed by atoms with E-state index in [2.05, 4.69) is 10.6 Å². The Labute approximate surface area is 184 Å². The standard InChI is InChI=1S/C24H24FN3O4/c1-11-4-9-16-19(12(11)2)26-23(32)24(16)18-17(20(27-24)13(3)29)21(30)28(22(18)31)10-14-5-7-15(25)8-6-14/h4-9,13,17-18,20,27,29H,10H2,1-3H3,(H,26,32)/t13-,17+,18+,20-,24+/m1/s1. The van der Waals surface area contributed by atoms with Gasteiger partial charge >= 0.3 is 0 Å². The van der Waals surface area contributed by atoms with Crippen LogP contribution in [-0.4, -0.2) is 39.9 Å². The van der Waals surface area contributed by atoms with E-state index in [1.54, 1.807) is 6.92 Å². The molecule has 2 aromatic rings. The summed E-state index contributed by atoms with van der Waals surface area (Å²) in [7, 11) is 0. The highest BCUT2D eigenvalue weighted by Crippen LogP contribution is 2.54. The Morgan fingerprint density at radius 1 is 1.09 bits per heavy atom. The molecule has 0 aliphatic carbocycles. The van der Waals surface area contributed by atoms with Crippen LogP contribution in [0.2, 0.25) is 0 Å². The predicted octanol–water partition coefficient (Wildman–Crippen LogP) is 1.74. The summed E-state index contributed by atoms with van der Waals surface area (Å²) in [5.41, 5.74) is 2.32. The first-order valence-corrected chi connectivity index (χ1v) is 10.6. The number of carbonyl (C=O) groups excluding carboxylic acids is 3. The Balaban J connectivity index is 1.62. The number of nitrogens with one attached hydrogen (secondary N) is 2. The van der Waals surface area contributed by atoms with Crippen LogP contribution in [0.1, 0.15) is 29.2 Å². The Bertz CT molecular complexity index is 1160. The molecule has 5 atom stereocenters. The van der Waals surface area contributed by atoms with Gasteiger partial charge in [0.05, 0.1) is 24.5 Å². The SMILES string of the molecule is Cc1ccc2c(c1C)NC(=O)[C@]21N[C@H]([C@@H](C)O)[C@H]2C(=O)N(Cc3ccc(F)cc3)C(=O)[C@H]21. The van der Waals surface area contributed by atoms with E-state index in [4.69, 9.17) is 0 Å². The van der Waals surface area contributed by atoms with E-state index in [0.717, 1.165) is 16.0 Å². The molecule has 5 rings (SSSR count). The first kappa shape index (κ1) is 20.8. The minimum absolute atomic E-state index is 0.0189. The number of fused-ring (bicyclic) bond motifs is 4. The van der Waals surface area contributed by atoms with Crippen LogP contribution in [0.25, 0.3) is 0 Å². The van der Waals surface area contributed by atoms with Crippen molar-refractivity contribution in [3.8, 4) is 0 Å². The molecule has 1 spiro atoms. The highest BCUT2D eigenvalue weighted by atomic mass is 19.1. The number of aliphatic hydroxyl groups is 1. The highest BCUT2D eigenvalue weighted by Gasteiger charge is 2.71. The first-order chi connectivity index (χ1) is 15.2. The summed E-state index contributed by atoms with van der Waals surface area (Å²) in [4.78, 5) is 41.6. The topological polar surface area (TPSA) is 98.7 Å². The fourth-order valence-electron chi connectivity index (χ4n) is 5.45. The predicted molar refractivity (Wildman–Crippen MR) is 114 cm³/mol. The molecule has 2 fully saturated rings. The third-order valence-corrected chi connectivity index (χ3v) is 7.22. The van der Waals surface area contributed by atoms with Gasteiger partial charge in [0.25, 0.3) is 0 Å². The number of imide groups is 1. The second-order valence-corrected chi connectivity index (χ2v) is 9.00. The minimum Gasteiger partial charge on any atom is -0.392 e. The first-order valence-electron chi connectivity index (χ1n) is 10.6. The van der Waals surface area contributed by atoms with Crippen molar-refractivity contribution in [2.75, 3.05) is 5.32 Å². The molecule has 0 saturated carbocycles. The molecule has 3 aliphatic heterocycles. The van der Waals surface area contributed by atoms with Gasteiger partial charge in [-0.05, 0) is 49.6 Å². The second-order valence-electron chi connectivity index (χ2n) is 9.00. The van der Waals surface area contributed by atoms with E-state index < -0.39 is 53.1 Å². The van der Waals surface area contributed by atoms with E-state index in [1.165, 1.54) is 24.3 Å². The van der Waals surface area contributed by atoms with Crippen molar-refractivity contribution in [2.45, 2.75) is 45.0 Å². The quantitative estimate of drug-likeness (QED) is 0.636. The summed E-state index contributed by atoms with van der Waals surface area (Å²) < 4.78 is 13.3. The molecule has 2 saturated heterocycles. The maximum Gasteiger partial charge on any atom is 0.250 e. The molecule has 8 heteroatoms. The third-order valence-electron chi connectivity index (χ3n) is 7.22. The summed E-state index contributed by atoms with van der Waals surface area (Å²) in [6, 6.07) is 8.52. The van der Waals surface area contributed by atoms with Crippen molar-refractivity contribution in [1.82, 2.24) is 10.2 Å². The van der Waals surface area contributed by atoms with Gasteiger partial charge in [-0.1, -0.05) is 24.3 Å². The molecule has 3 heterocycles. The van der Waals surface area contributed by atoms with E-state index >= 15 is 0 Å². The smallest absolute Gasteiger partial charge is 0.250 e. The largest absolute Gasteiger partial charge is 0.392 e. The van der Waals surface area contributed by atoms with Crippen molar-refractivity contribution in [3.63, 3.8) is 0 Å². The van der Waals surface area contributed by atoms with E-state index in [1.807, 2.05) is 26.0 Å². The highest BCUT2D eigenvalue weighted by molar-refractivity contribution is 6.15. The number of benzene rings is 2. The number of hydrogen-bond acceptors (Lipinski definition) is 5. The number of anilines is 1. The van der Waals surface area contributed by atoms with Crippen LogP contribution in [0.5, 0.6) is 0 Å². The fourth-order valence-corrected chi connectivity index (χ4v) is 5.45. The second kappa shape index (κ2) is 6.95. The summed E-state index contributed by atoms with van der Waals surface area (Å²) in [5, 5.41) is 16.6. The number of hydrogen-bond donors (Lipinski definition) is 3. The number of carbonyl (C=O) groups is 3. The van der Waals surface area contributed by atoms with Crippen LogP contribution in [0.15, 0.2) is 36.4 Å². The van der Waals surface area contributed by atoms with Gasteiger partial charge < -0.3 is 10.4 Å². The fraction of sp³-hybridized carbons (Fsp3) is 0.375. The molecule has 7 nitrogen and oxygen atoms in total. The van der Waals surface area contributed by atoms with Crippen molar-refractivity contribution in [2.24, 2.45) is 11.8 Å². The summed E-state index contributed by atoms with van der Waals surface area (Å²) in [6.07, 6.45) is -0.965. The van der Waals surface area contributed by atoms with Gasteiger partial charge in [-0.15, -0.1) is 0 Å². The summed E-state index contributed by atoms with van der Waals surface area (Å²) >= 11 is 0. The van der Waals surface area contributed by atoms with Crippen LogP contribution in [0, 0.1) is 31.5 Å². The van der Waals surface area contributed by atoms with Gasteiger partial charge in [-0.2, -0.15) is 0 Å². The molecule has 0 unspecified atom stereocenters. The number of aliphatic hydroxyl groups excluding tert-OH is 1. The van der Waals surface area contributed by atoms with Crippen LogP contribution >= 0.6 is 0 Å². The molecule has 32 heavy (non-hydrogen) atoms. The lowest BCUT2D eigenvalue weighted by molar-refractivity contribution is -0.143. The Morgan fingerprint density at radius 3 is 2.44 bits per heavy atom. The van der Waals surface area contributed by atoms with Crippen LogP contribution in [-0.2, 0) is 26.5 Å². The lowest BCUT2D eigenvalue weighted by Gasteiger charge is -2.30. The van der Waals surface area contributed by atoms with Crippen LogP contribution in [0.3, 0.4) is 0 Å². The Kier molecular flexibility index (Phi) is 4.51. The third kappa shape index (κ3) is 2.63. The molecular weight excluding hydrogens is 413 g/mol. The van der Waals surface area contributed by atoms with Gasteiger partial charge in [0.15, 0.2) is 0 Å². The van der Waals surface area contributed by atoms with Gasteiger partial charge in [0.1, 0.15) is 11.4 Å². The van der Waals surface area contributed by atoms with E-state index in [-0.39, 0.29) is 6.54 Å². The molecule has 2 aromatic carbocycles. The number of nitrogens with zero attached hydrogens (tertiary/aromatic N) is 1. The molecule has 3 amide bonds. The van der Waals surface area contributed by atoms with E-state index in [9.17, 15) is 23.9 Å². The van der Waals surface area contributed by atoms with Crippen molar-refractivity contribution in [3.05, 3.63) is 64.5 Å². The molecule has 166 valence electrons. The Morgan fingerprint density at radius 2 is 1.78 bits per heavy atom. The number of aryl methyl sites for hydroxylation is 1. The normalized spacial score (nSPS) is 29.5. The lowest BCUT2D eigenvalue weighted by atomic mass is 9.76. The number of rotatable bonds is 3. The Hall–Kier alpha value is -3.10. The average Bonchev–Trinajstić information content (AvgIpc) is 3.34. The summed E-state index contributed by atoms with van der Waals surface area (Å²) in [5.74, 6) is -3.60. The maximum atomic E-state index is 13.6. The minimum atomic E-state index is -1.44. The van der Waals surface area contributed by atoms with Crippen molar-refractivity contribution < 1.29 is 23.9 Å². The van der Waals surface area contributed by atoms with Crippen LogP contribution in [0.4, 0.5) is 10.1 Å². The molecule has 0 bridgehead atoms. The number of halogens is 1. The number of likely N-dealkylation sites (tertiary alicyclic amines) is 1.